The summed E-state index contributed by atoms with van der Waals surface area (Å²) in [6.45, 7) is 7.31. The van der Waals surface area contributed by atoms with E-state index >= 15 is 0 Å². The average Bonchev–Trinajstić information content (AvgIpc) is 2.84. The van der Waals surface area contributed by atoms with Gasteiger partial charge in [0.1, 0.15) is 5.82 Å². The van der Waals surface area contributed by atoms with Gasteiger partial charge in [-0.1, -0.05) is 12.1 Å². The van der Waals surface area contributed by atoms with E-state index in [9.17, 15) is 0 Å². The van der Waals surface area contributed by atoms with Gasteiger partial charge in [0.25, 0.3) is 0 Å². The van der Waals surface area contributed by atoms with Crippen molar-refractivity contribution in [3.8, 4) is 0 Å². The molecule has 18 heavy (non-hydrogen) atoms. The predicted molar refractivity (Wildman–Crippen MR) is 70.2 cm³/mol. The number of nitrogens with one attached hydrogen (secondary N) is 1. The zero-order valence-corrected chi connectivity index (χ0v) is 11.0. The van der Waals surface area contributed by atoms with Crippen molar-refractivity contribution in [3.05, 3.63) is 23.2 Å². The lowest BCUT2D eigenvalue weighted by Gasteiger charge is -2.08. The van der Waals surface area contributed by atoms with Gasteiger partial charge in [0.05, 0.1) is 23.6 Å². The molecule has 0 atom stereocenters. The molecule has 2 aromatic heterocycles. The van der Waals surface area contributed by atoms with Crippen LogP contribution in [0.1, 0.15) is 30.5 Å². The summed E-state index contributed by atoms with van der Waals surface area (Å²) in [4.78, 5) is 0. The van der Waals surface area contributed by atoms with Crippen LogP contribution in [0.15, 0.2) is 10.6 Å². The number of hydrogen-bond donors (Lipinski definition) is 2. The second-order valence-electron chi connectivity index (χ2n) is 4.36. The van der Waals surface area contributed by atoms with Crippen LogP contribution in [0.2, 0.25) is 0 Å². The van der Waals surface area contributed by atoms with Crippen LogP contribution in [-0.4, -0.2) is 14.9 Å². The molecule has 0 aliphatic heterocycles. The third kappa shape index (κ3) is 2.47. The van der Waals surface area contributed by atoms with E-state index in [1.807, 2.05) is 24.6 Å². The highest BCUT2D eigenvalue weighted by Crippen LogP contribution is 2.23. The molecule has 3 N–H and O–H groups in total. The molecule has 0 aliphatic rings. The third-order valence-corrected chi connectivity index (χ3v) is 2.72. The Bertz CT molecular complexity index is 529. The zero-order chi connectivity index (χ0) is 13.1. The van der Waals surface area contributed by atoms with Gasteiger partial charge in [-0.2, -0.15) is 5.10 Å². The van der Waals surface area contributed by atoms with Crippen molar-refractivity contribution in [2.75, 3.05) is 11.1 Å². The first-order valence-electron chi connectivity index (χ1n) is 6.10. The molecule has 0 spiro atoms. The minimum atomic E-state index is 0.555. The quantitative estimate of drug-likeness (QED) is 0.848. The van der Waals surface area contributed by atoms with Crippen molar-refractivity contribution in [1.82, 2.24) is 14.9 Å². The van der Waals surface area contributed by atoms with Crippen LogP contribution >= 0.6 is 0 Å². The van der Waals surface area contributed by atoms with Crippen molar-refractivity contribution in [2.45, 2.75) is 40.3 Å². The van der Waals surface area contributed by atoms with E-state index in [2.05, 4.69) is 22.5 Å². The molecule has 0 aromatic carbocycles. The molecule has 0 radical (unpaired) electrons. The summed E-state index contributed by atoms with van der Waals surface area (Å²) in [5.74, 6) is 1.64. The van der Waals surface area contributed by atoms with E-state index in [0.29, 0.717) is 12.2 Å². The van der Waals surface area contributed by atoms with E-state index in [1.54, 1.807) is 0 Å². The number of nitrogens with two attached hydrogens (primary N) is 1. The molecule has 0 amide bonds. The summed E-state index contributed by atoms with van der Waals surface area (Å²) < 4.78 is 7.05. The monoisotopic (exact) mass is 249 g/mol. The van der Waals surface area contributed by atoms with E-state index in [4.69, 9.17) is 10.3 Å². The van der Waals surface area contributed by atoms with E-state index < -0.39 is 0 Å². The van der Waals surface area contributed by atoms with Crippen molar-refractivity contribution in [3.63, 3.8) is 0 Å². The molecule has 0 saturated heterocycles. The van der Waals surface area contributed by atoms with E-state index in [1.165, 1.54) is 0 Å². The number of rotatable bonds is 5. The molecule has 0 bridgehead atoms. The number of nitrogen functional groups attached to an aromatic ring is 1. The first-order valence-corrected chi connectivity index (χ1v) is 6.10. The number of aromatic nitrogens is 3. The topological polar surface area (TPSA) is 81.9 Å². The fraction of sp³-hybridized carbons (Fsp3) is 0.500. The first-order chi connectivity index (χ1) is 8.61. The van der Waals surface area contributed by atoms with Crippen LogP contribution in [0, 0.1) is 13.8 Å². The van der Waals surface area contributed by atoms with Crippen LogP contribution in [0.3, 0.4) is 0 Å². The average molecular weight is 249 g/mol. The summed E-state index contributed by atoms with van der Waals surface area (Å²) in [6.07, 6.45) is 1.01. The van der Waals surface area contributed by atoms with Gasteiger partial charge in [-0.05, 0) is 20.3 Å². The second kappa shape index (κ2) is 5.12. The molecule has 0 fully saturated rings. The number of hydrogen-bond acceptors (Lipinski definition) is 5. The van der Waals surface area contributed by atoms with Gasteiger partial charge in [0, 0.05) is 12.6 Å². The Kier molecular flexibility index (Phi) is 3.55. The Morgan fingerprint density at radius 1 is 1.44 bits per heavy atom. The van der Waals surface area contributed by atoms with Gasteiger partial charge < -0.3 is 15.6 Å². The molecular formula is C12H19N5O. The SMILES string of the molecule is CCCn1nc(C)c(N)c1NCc1cc(C)no1. The molecule has 6 nitrogen and oxygen atoms in total. The van der Waals surface area contributed by atoms with Crippen molar-refractivity contribution >= 4 is 11.5 Å². The maximum absolute atomic E-state index is 6.01. The lowest BCUT2D eigenvalue weighted by molar-refractivity contribution is 0.384. The third-order valence-electron chi connectivity index (χ3n) is 2.72. The summed E-state index contributed by atoms with van der Waals surface area (Å²) in [6, 6.07) is 1.90. The van der Waals surface area contributed by atoms with Crippen molar-refractivity contribution in [1.29, 1.82) is 0 Å². The largest absolute Gasteiger partial charge is 0.394 e. The number of nitrogens with zero attached hydrogens (tertiary/aromatic N) is 3. The maximum Gasteiger partial charge on any atom is 0.156 e. The van der Waals surface area contributed by atoms with Gasteiger partial charge in [-0.25, -0.2) is 4.68 Å². The Morgan fingerprint density at radius 3 is 2.83 bits per heavy atom. The van der Waals surface area contributed by atoms with E-state index in [-0.39, 0.29) is 0 Å². The molecular weight excluding hydrogens is 230 g/mol. The molecule has 0 aliphatic carbocycles. The highest BCUT2D eigenvalue weighted by Gasteiger charge is 2.12. The fourth-order valence-corrected chi connectivity index (χ4v) is 1.83. The van der Waals surface area contributed by atoms with Gasteiger partial charge in [-0.3, -0.25) is 0 Å². The molecule has 98 valence electrons. The molecule has 6 heteroatoms. The summed E-state index contributed by atoms with van der Waals surface area (Å²) >= 11 is 0. The highest BCUT2D eigenvalue weighted by molar-refractivity contribution is 5.64. The minimum Gasteiger partial charge on any atom is -0.394 e. The summed E-state index contributed by atoms with van der Waals surface area (Å²) in [5.41, 5.74) is 8.43. The molecule has 2 rings (SSSR count). The Morgan fingerprint density at radius 2 is 2.22 bits per heavy atom. The van der Waals surface area contributed by atoms with Crippen molar-refractivity contribution in [2.24, 2.45) is 0 Å². The van der Waals surface area contributed by atoms with Crippen molar-refractivity contribution < 1.29 is 4.52 Å². The van der Waals surface area contributed by atoms with Crippen LogP contribution in [0.5, 0.6) is 0 Å². The lowest BCUT2D eigenvalue weighted by atomic mass is 10.3. The molecule has 0 saturated carbocycles. The number of anilines is 2. The smallest absolute Gasteiger partial charge is 0.156 e. The fourth-order valence-electron chi connectivity index (χ4n) is 1.83. The number of aryl methyl sites for hydroxylation is 3. The van der Waals surface area contributed by atoms with Gasteiger partial charge in [0.2, 0.25) is 0 Å². The Balaban J connectivity index is 2.12. The first kappa shape index (κ1) is 12.5. The summed E-state index contributed by atoms with van der Waals surface area (Å²) in [5, 5.41) is 11.5. The van der Waals surface area contributed by atoms with Crippen LogP contribution in [0.25, 0.3) is 0 Å². The van der Waals surface area contributed by atoms with Gasteiger partial charge >= 0.3 is 0 Å². The Labute approximate surface area is 106 Å². The molecule has 0 unspecified atom stereocenters. The van der Waals surface area contributed by atoms with Crippen LogP contribution in [0.4, 0.5) is 11.5 Å². The molecule has 2 aromatic rings. The Hall–Kier alpha value is -1.98. The normalized spacial score (nSPS) is 10.8. The lowest BCUT2D eigenvalue weighted by Crippen LogP contribution is -2.08. The molecule has 2 heterocycles. The summed E-state index contributed by atoms with van der Waals surface area (Å²) in [7, 11) is 0. The standard InChI is InChI=1S/C12H19N5O/c1-4-5-17-12(11(13)9(3)15-17)14-7-10-6-8(2)16-18-10/h6,14H,4-5,7,13H2,1-3H3. The maximum atomic E-state index is 6.01. The highest BCUT2D eigenvalue weighted by atomic mass is 16.5. The second-order valence-corrected chi connectivity index (χ2v) is 4.36. The van der Waals surface area contributed by atoms with Gasteiger partial charge in [0.15, 0.2) is 5.76 Å². The van der Waals surface area contributed by atoms with E-state index in [0.717, 1.165) is 35.9 Å². The van der Waals surface area contributed by atoms with Crippen LogP contribution in [-0.2, 0) is 13.1 Å². The van der Waals surface area contributed by atoms with Crippen LogP contribution < -0.4 is 11.1 Å². The zero-order valence-electron chi connectivity index (χ0n) is 11.0. The predicted octanol–water partition coefficient (Wildman–Crippen LogP) is 2.09. The minimum absolute atomic E-state index is 0.555. The van der Waals surface area contributed by atoms with Gasteiger partial charge in [-0.15, -0.1) is 0 Å².